The zero-order valence-corrected chi connectivity index (χ0v) is 77.9. The monoisotopic (exact) mass is 1490 g/mol. The van der Waals surface area contributed by atoms with Gasteiger partial charge in [0.2, 0.25) is 0 Å². The molecule has 0 nitrogen and oxygen atoms in total. The van der Waals surface area contributed by atoms with Gasteiger partial charge in [0.1, 0.15) is 0 Å². The summed E-state index contributed by atoms with van der Waals surface area (Å²) in [5.74, 6) is 0. The molecule has 405 valence electrons. The molecule has 0 aromatic carbocycles. The van der Waals surface area contributed by atoms with Gasteiger partial charge < -0.3 is 0 Å². The van der Waals surface area contributed by atoms with Crippen molar-refractivity contribution in [3.8, 4) is 0 Å². The zero-order chi connectivity index (χ0) is 107. The Balaban J connectivity index is 17.7. The van der Waals surface area contributed by atoms with Crippen LogP contribution in [0.2, 0.25) is 0 Å². The van der Waals surface area contributed by atoms with Gasteiger partial charge in [-0.3, -0.25) is 0 Å². The lowest BCUT2D eigenvalue weighted by Gasteiger charge is -2.65. The maximum atomic E-state index is 7.81. The van der Waals surface area contributed by atoms with E-state index in [0.717, 1.165) is 0 Å². The van der Waals surface area contributed by atoms with Gasteiger partial charge in [-0.05, 0) is 0 Å². The van der Waals surface area contributed by atoms with Crippen molar-refractivity contribution in [1.82, 2.24) is 0 Å². The molecule has 0 atom stereocenters. The van der Waals surface area contributed by atoms with Crippen LogP contribution < -0.4 is 0 Å². The highest BCUT2D eigenvalue weighted by Crippen LogP contribution is 2.34. The summed E-state index contributed by atoms with van der Waals surface area (Å²) in [6.45, 7) is 0. The lowest BCUT2D eigenvalue weighted by molar-refractivity contribution is 3.11. The Bertz CT molecular complexity index is 2350. The van der Waals surface area contributed by atoms with E-state index in [9.17, 15) is 0 Å². The summed E-state index contributed by atoms with van der Waals surface area (Å²) in [4.78, 5) is 0. The summed E-state index contributed by atoms with van der Waals surface area (Å²) in [5.41, 5.74) is 0. The molecular formula is B135. The number of hydrogen-bond acceptors (Lipinski definition) is 0. The maximum Gasteiger partial charge on any atom is 0 e. The molecule has 135 heteroatoms. The van der Waals surface area contributed by atoms with Gasteiger partial charge in [0.15, 0.2) is 0 Å². The van der Waals surface area contributed by atoms with Gasteiger partial charge in [-0.1, -0.05) is 0 Å². The molecule has 0 aliphatic heterocycles. The summed E-state index contributed by atoms with van der Waals surface area (Å²) < 4.78 is 0. The Hall–Kier alpha value is 8.77. The number of hydrogen-bond donors (Lipinski definition) is 0. The number of rotatable bonds is 66. The highest BCUT2D eigenvalue weighted by Gasteiger charge is 2.72. The van der Waals surface area contributed by atoms with Gasteiger partial charge in [0.05, 0.1) is 0 Å². The van der Waals surface area contributed by atoms with E-state index < -0.39 is 421 Å². The highest BCUT2D eigenvalue weighted by atomic mass is 13.5. The van der Waals surface area contributed by atoms with Gasteiger partial charge in [-0.15, -0.1) is 0 Å². The van der Waals surface area contributed by atoms with Gasteiger partial charge in [-0.25, -0.2) is 0 Å². The fraction of sp³-hybridized carbons (Fsp3) is 0. The Morgan fingerprint density at radius 2 is 0.126 bits per heavy atom. The van der Waals surface area contributed by atoms with E-state index in [1.807, 2.05) is 0 Å². The molecule has 0 rings (SSSR count). The van der Waals surface area contributed by atoms with Crippen LogP contribution in [0, 0.1) is 0 Å². The molecule has 0 saturated heterocycles. The minimum atomic E-state index is -2.90. The van der Waals surface area contributed by atoms with E-state index in [1.165, 1.54) is 7.06 Å². The Labute approximate surface area is 944 Å². The lowest BCUT2D eigenvalue weighted by atomic mass is 8.16. The van der Waals surface area contributed by atoms with Crippen molar-refractivity contribution in [2.24, 2.45) is 0 Å². The van der Waals surface area contributed by atoms with Crippen LogP contribution in [0.4, 0.5) is 0 Å². The van der Waals surface area contributed by atoms with Crippen LogP contribution in [-0.4, -0.2) is 955 Å². The molecule has 135 heavy (non-hydrogen) atoms. The minimum Gasteiger partial charge on any atom is 0 e. The quantitative estimate of drug-likeness (QED) is 0.0533. The van der Waals surface area contributed by atoms with Crippen LogP contribution in [-0.2, 0) is 0 Å². The van der Waals surface area contributed by atoms with E-state index >= 15 is 0 Å². The summed E-state index contributed by atoms with van der Waals surface area (Å²) in [5, 5.41) is 0. The summed E-state index contributed by atoms with van der Waals surface area (Å²) in [6, 6.07) is 0. The second-order valence-electron chi connectivity index (χ2n) is 38.3. The van der Waals surface area contributed by atoms with E-state index in [-0.39, 0.29) is 0 Å². The van der Waals surface area contributed by atoms with Crippen molar-refractivity contribution in [1.29, 1.82) is 0 Å². The van der Waals surface area contributed by atoms with Crippen molar-refractivity contribution >= 4 is 955 Å². The first-order valence-electron chi connectivity index (χ1n) is 44.7. The van der Waals surface area contributed by atoms with Crippen molar-refractivity contribution in [3.05, 3.63) is 0 Å². The third kappa shape index (κ3) is 39.2. The van der Waals surface area contributed by atoms with Crippen LogP contribution in [0.15, 0.2) is 0 Å². The van der Waals surface area contributed by atoms with Gasteiger partial charge >= 0.3 is 0 Å². The average Bonchev–Trinajstić information content (AvgIpc) is 0.697. The summed E-state index contributed by atoms with van der Waals surface area (Å²) in [7, 11) is 509. The maximum absolute atomic E-state index is 7.81. The highest BCUT2D eigenvalue weighted by molar-refractivity contribution is 8.47. The van der Waals surface area contributed by atoms with Crippen LogP contribution in [0.1, 0.15) is 0 Å². The fourth-order valence-corrected chi connectivity index (χ4v) is 24.6. The first kappa shape index (κ1) is 144. The van der Waals surface area contributed by atoms with Crippen LogP contribution in [0.25, 0.3) is 0 Å². The molecule has 0 N–H and O–H groups in total. The molecule has 0 unspecified atom stereocenters. The lowest BCUT2D eigenvalue weighted by Crippen LogP contribution is -3.03. The molecule has 137 radical (unpaired) electrons. The van der Waals surface area contributed by atoms with Crippen molar-refractivity contribution in [2.45, 2.75) is 0 Å². The van der Waals surface area contributed by atoms with Gasteiger partial charge in [0.25, 0.3) is 0 Å². The van der Waals surface area contributed by atoms with Crippen molar-refractivity contribution < 1.29 is 0 Å². The molecule has 0 aliphatic rings. The predicted octanol–water partition coefficient (Wildman–Crippen LogP) is -51.4. The Morgan fingerprint density at radius 3 is 0.185 bits per heavy atom. The largest absolute Gasteiger partial charge is 0 e. The summed E-state index contributed by atoms with van der Waals surface area (Å²) in [6.07, 6.45) is -147. The predicted molar refractivity (Wildman–Crippen MR) is 777 cm³/mol. The first-order chi connectivity index (χ1) is 61.4. The standard InChI is InChI=1S/B135/c1-70(2)69-104(105(71(3)4)72(5)6)121(103(67)68)129(120(101(63)64)102(65)66)133(128(118(97(55)56)98(57)58)119(99(59)60)100(61)62)135(132(126(114(89(39)40)90(41)42)115(91(43)44)92(45)46)127(116(93(47)48)94(49)50)117(95(51)52)96(53)54)134(130(122(106(73(7)8)74(9)10)107(75(11)12)76(13)14)123(108(77(15)16)78(17)18)109(79(19)20)80(21)22)131(124(110(81(23)24)82(25)26)111(83(27)28)84(29)30)125(112(85(31)32)86(33)34)113(87(35)36)88(37)38. The summed E-state index contributed by atoms with van der Waals surface area (Å²) >= 11 is 0. The topological polar surface area (TPSA) is 0 Å². The molecule has 0 spiro atoms. The van der Waals surface area contributed by atoms with E-state index in [0.29, 0.717) is 0 Å². The van der Waals surface area contributed by atoms with Crippen molar-refractivity contribution in [2.75, 3.05) is 0 Å². The molecule has 0 aliphatic carbocycles. The fourth-order valence-electron chi connectivity index (χ4n) is 24.6. The van der Waals surface area contributed by atoms with Gasteiger partial charge in [-0.2, -0.15) is 0 Å². The second kappa shape index (κ2) is 66.5. The van der Waals surface area contributed by atoms with Gasteiger partial charge in [0, 0.05) is 955 Å². The molecule has 0 saturated carbocycles. The molecular weight excluding hydrogens is 1460 g/mol. The molecule has 0 bridgehead atoms. The van der Waals surface area contributed by atoms with Crippen LogP contribution in [0.5, 0.6) is 0 Å². The third-order valence-corrected chi connectivity index (χ3v) is 28.9. The normalized spacial score (nSPS) is 9.87. The Morgan fingerprint density at radius 1 is 0.0667 bits per heavy atom. The minimum absolute atomic E-state index is 1.18. The second-order valence-corrected chi connectivity index (χ2v) is 38.3. The van der Waals surface area contributed by atoms with E-state index in [1.54, 1.807) is 0 Å². The van der Waals surface area contributed by atoms with E-state index in [2.05, 4.69) is 0 Å². The SMILES string of the molecule is [B]B([B])[B]B(B(B([B])[B])B([B])[B])B(B([B])[B])B(B(B([B])[B])B([B])[B])B(B(B(B([B])[B])B([B])[B])B(B([B])[B])B([B])[B])B(B(B(B(B([B])[B])B([B])[B])B(B([B])[B])B([B])[B])B(B(B([B])[B])B([B])[B])B(B([B])[B])B([B])[B])B(B(B(B(B([B])[B])B([B])[B])B(B([B])[B])B([B])[B])B(B(B([B])[B])B([B])[B])B(B([B])[B])B([B])[B])B(B(B(B([B])[B])B([B])[B])B(B([B])[B])B([B])[B])B(B(B([B])[B])B([B])[B])B(B([B])[B])B([B])[B]. The Kier molecular flexibility index (Phi) is 70.8. The zero-order valence-electron chi connectivity index (χ0n) is 77.9. The molecule has 0 fully saturated rings. The molecule has 0 aromatic heterocycles. The van der Waals surface area contributed by atoms with Crippen LogP contribution >= 0.6 is 0 Å². The molecule has 0 amide bonds. The first-order valence-corrected chi connectivity index (χ1v) is 44.7. The third-order valence-electron chi connectivity index (χ3n) is 28.9. The average molecular weight is 1460 g/mol. The van der Waals surface area contributed by atoms with Crippen molar-refractivity contribution in [3.63, 3.8) is 0 Å². The van der Waals surface area contributed by atoms with Crippen LogP contribution in [0.3, 0.4) is 0 Å². The van der Waals surface area contributed by atoms with E-state index in [4.69, 9.17) is 526 Å². The molecule has 0 aromatic rings. The smallest absolute Gasteiger partial charge is 0 e. The molecule has 0 heterocycles.